The van der Waals surface area contributed by atoms with E-state index in [9.17, 15) is 8.78 Å². The molecule has 4 nitrogen and oxygen atoms in total. The van der Waals surface area contributed by atoms with Gasteiger partial charge in [-0.15, -0.1) is 0 Å². The van der Waals surface area contributed by atoms with Gasteiger partial charge < -0.3 is 14.6 Å². The molecule has 2 aromatic rings. The van der Waals surface area contributed by atoms with E-state index < -0.39 is 6.43 Å². The van der Waals surface area contributed by atoms with Crippen molar-refractivity contribution >= 4 is 10.9 Å². The van der Waals surface area contributed by atoms with Gasteiger partial charge in [-0.3, -0.25) is 4.90 Å². The number of benzene rings is 1. The number of alkyl halides is 2. The van der Waals surface area contributed by atoms with Crippen molar-refractivity contribution in [2.24, 2.45) is 5.92 Å². The molecule has 6 heteroatoms. The van der Waals surface area contributed by atoms with Gasteiger partial charge in [-0.1, -0.05) is 13.8 Å². The zero-order chi connectivity index (χ0) is 20.1. The van der Waals surface area contributed by atoms with Gasteiger partial charge >= 0.3 is 0 Å². The number of aryl methyl sites for hydroxylation is 1. The number of rotatable bonds is 10. The molecule has 0 saturated carbocycles. The molecule has 1 heterocycles. The highest BCUT2D eigenvalue weighted by Crippen LogP contribution is 2.31. The second-order valence-electron chi connectivity index (χ2n) is 7.75. The number of hydrogen-bond acceptors (Lipinski definition) is 3. The van der Waals surface area contributed by atoms with Crippen LogP contribution in [0.1, 0.15) is 31.9 Å². The number of ether oxygens (including phenoxy) is 1. The summed E-state index contributed by atoms with van der Waals surface area (Å²) in [5, 5.41) is 1.15. The number of methoxy groups -OCH3 is 1. The summed E-state index contributed by atoms with van der Waals surface area (Å²) in [6.07, 6.45) is -0.372. The van der Waals surface area contributed by atoms with Gasteiger partial charge in [-0.25, -0.2) is 8.78 Å². The minimum absolute atomic E-state index is 0.123. The number of nitrogens with one attached hydrogen (secondary N) is 1. The summed E-state index contributed by atoms with van der Waals surface area (Å²) in [7, 11) is 3.71. The number of aromatic amines is 1. The molecule has 0 spiro atoms. The summed E-state index contributed by atoms with van der Waals surface area (Å²) in [6, 6.07) is 4.24. The van der Waals surface area contributed by atoms with E-state index in [1.54, 1.807) is 7.11 Å². The highest BCUT2D eigenvalue weighted by atomic mass is 19.3. The Hall–Kier alpha value is -1.66. The first-order valence-corrected chi connectivity index (χ1v) is 9.58. The van der Waals surface area contributed by atoms with Gasteiger partial charge in [0, 0.05) is 48.3 Å². The minimum atomic E-state index is -2.31. The first-order valence-electron chi connectivity index (χ1n) is 9.58. The first kappa shape index (κ1) is 21.6. The van der Waals surface area contributed by atoms with E-state index in [2.05, 4.69) is 36.7 Å². The number of nitrogens with zero attached hydrogens (tertiary/aromatic N) is 2. The van der Waals surface area contributed by atoms with Gasteiger partial charge in [-0.2, -0.15) is 0 Å². The zero-order valence-corrected chi connectivity index (χ0v) is 17.4. The summed E-state index contributed by atoms with van der Waals surface area (Å²) >= 11 is 0. The van der Waals surface area contributed by atoms with Crippen LogP contribution in [0, 0.1) is 12.8 Å². The van der Waals surface area contributed by atoms with Crippen LogP contribution in [0.2, 0.25) is 0 Å². The van der Waals surface area contributed by atoms with Crippen molar-refractivity contribution in [1.29, 1.82) is 0 Å². The maximum atomic E-state index is 13.0. The third-order valence-electron chi connectivity index (χ3n) is 5.44. The summed E-state index contributed by atoms with van der Waals surface area (Å²) in [5.41, 5.74) is 3.39. The lowest BCUT2D eigenvalue weighted by Gasteiger charge is -2.33. The fourth-order valence-corrected chi connectivity index (χ4v) is 3.49. The quantitative estimate of drug-likeness (QED) is 0.656. The predicted molar refractivity (Wildman–Crippen MR) is 108 cm³/mol. The molecule has 0 bridgehead atoms. The Morgan fingerprint density at radius 3 is 2.48 bits per heavy atom. The largest absolute Gasteiger partial charge is 0.496 e. The Morgan fingerprint density at radius 2 is 1.89 bits per heavy atom. The zero-order valence-electron chi connectivity index (χ0n) is 17.4. The Labute approximate surface area is 161 Å². The Kier molecular flexibility index (Phi) is 7.62. The average molecular weight is 382 g/mol. The lowest BCUT2D eigenvalue weighted by Crippen LogP contribution is -2.43. The number of hydrogen-bond donors (Lipinski definition) is 1. The molecule has 0 saturated heterocycles. The number of likely N-dealkylation sites (N-methyl/N-ethyl adjacent to an activating group) is 1. The smallest absolute Gasteiger partial charge is 0.251 e. The van der Waals surface area contributed by atoms with E-state index in [1.165, 1.54) is 0 Å². The Morgan fingerprint density at radius 1 is 1.19 bits per heavy atom. The summed E-state index contributed by atoms with van der Waals surface area (Å²) in [4.78, 5) is 7.35. The van der Waals surface area contributed by atoms with E-state index in [4.69, 9.17) is 4.74 Å². The molecule has 0 aliphatic rings. The molecule has 1 N–H and O–H groups in total. The topological polar surface area (TPSA) is 31.5 Å². The van der Waals surface area contributed by atoms with Crippen molar-refractivity contribution in [2.45, 2.75) is 46.7 Å². The molecular weight excluding hydrogens is 348 g/mol. The molecule has 152 valence electrons. The maximum Gasteiger partial charge on any atom is 0.251 e. The van der Waals surface area contributed by atoms with E-state index in [0.29, 0.717) is 25.6 Å². The molecule has 0 fully saturated rings. The van der Waals surface area contributed by atoms with Crippen molar-refractivity contribution < 1.29 is 13.5 Å². The van der Waals surface area contributed by atoms with E-state index in [0.717, 1.165) is 27.8 Å². The van der Waals surface area contributed by atoms with Crippen LogP contribution >= 0.6 is 0 Å². The molecule has 27 heavy (non-hydrogen) atoms. The van der Waals surface area contributed by atoms with Gasteiger partial charge in [0.05, 0.1) is 13.7 Å². The van der Waals surface area contributed by atoms with Crippen molar-refractivity contribution in [1.82, 2.24) is 14.8 Å². The molecular formula is C21H33F2N3O. The summed E-state index contributed by atoms with van der Waals surface area (Å²) < 4.78 is 31.6. The lowest BCUT2D eigenvalue weighted by molar-refractivity contribution is 0.0522. The van der Waals surface area contributed by atoms with Crippen LogP contribution in [0.25, 0.3) is 10.9 Å². The molecule has 0 aliphatic heterocycles. The monoisotopic (exact) mass is 381 g/mol. The third-order valence-corrected chi connectivity index (χ3v) is 5.44. The SMILES string of the molecule is COc1cc(C)c2[nH]ccc2c1CN(C)CCN(CC(F)F)[C@H](C)C(C)C. The summed E-state index contributed by atoms with van der Waals surface area (Å²) in [5.74, 6) is 1.21. The van der Waals surface area contributed by atoms with Gasteiger partial charge in [0.1, 0.15) is 5.75 Å². The molecule has 0 aliphatic carbocycles. The van der Waals surface area contributed by atoms with E-state index in [1.807, 2.05) is 31.1 Å². The predicted octanol–water partition coefficient (Wildman–Crippen LogP) is 4.53. The number of aromatic nitrogens is 1. The van der Waals surface area contributed by atoms with Crippen LogP contribution in [0.3, 0.4) is 0 Å². The molecule has 2 rings (SSSR count). The van der Waals surface area contributed by atoms with Crippen LogP contribution in [0.5, 0.6) is 5.75 Å². The second kappa shape index (κ2) is 9.51. The normalized spacial score (nSPS) is 13.5. The second-order valence-corrected chi connectivity index (χ2v) is 7.75. The minimum Gasteiger partial charge on any atom is -0.496 e. The molecule has 0 amide bonds. The third kappa shape index (κ3) is 5.42. The van der Waals surface area contributed by atoms with Crippen LogP contribution in [0.15, 0.2) is 18.3 Å². The highest BCUT2D eigenvalue weighted by molar-refractivity contribution is 5.88. The van der Waals surface area contributed by atoms with Gasteiger partial charge in [-0.05, 0) is 44.5 Å². The average Bonchev–Trinajstić information content (AvgIpc) is 3.10. The Balaban J connectivity index is 2.11. The highest BCUT2D eigenvalue weighted by Gasteiger charge is 2.21. The maximum absolute atomic E-state index is 13.0. The van der Waals surface area contributed by atoms with Gasteiger partial charge in [0.2, 0.25) is 0 Å². The molecule has 1 aromatic carbocycles. The van der Waals surface area contributed by atoms with Crippen molar-refractivity contribution in [3.05, 3.63) is 29.5 Å². The molecule has 0 radical (unpaired) electrons. The molecule has 1 atom stereocenters. The first-order chi connectivity index (χ1) is 12.7. The van der Waals surface area contributed by atoms with Crippen LogP contribution in [-0.2, 0) is 6.54 Å². The fourth-order valence-electron chi connectivity index (χ4n) is 3.49. The lowest BCUT2D eigenvalue weighted by atomic mass is 10.0. The Bertz CT molecular complexity index is 730. The fraction of sp³-hybridized carbons (Fsp3) is 0.619. The molecule has 1 aromatic heterocycles. The van der Waals surface area contributed by atoms with Crippen molar-refractivity contribution in [3.8, 4) is 5.75 Å². The number of halogens is 2. The van der Waals surface area contributed by atoms with Gasteiger partial charge in [0.25, 0.3) is 6.43 Å². The van der Waals surface area contributed by atoms with Crippen molar-refractivity contribution in [2.75, 3.05) is 33.8 Å². The van der Waals surface area contributed by atoms with Crippen LogP contribution < -0.4 is 4.74 Å². The standard InChI is InChI=1S/C21H33F2N3O/c1-14(2)16(4)26(13-20(22)23)10-9-25(5)12-18-17-7-8-24-21(17)15(3)11-19(18)27-6/h7-8,11,14,16,20,24H,9-10,12-13H2,1-6H3/t16-/m1/s1. The molecule has 0 unspecified atom stereocenters. The van der Waals surface area contributed by atoms with Gasteiger partial charge in [0.15, 0.2) is 0 Å². The number of fused-ring (bicyclic) bond motifs is 1. The van der Waals surface area contributed by atoms with Crippen LogP contribution in [-0.4, -0.2) is 61.0 Å². The summed E-state index contributed by atoms with van der Waals surface area (Å²) in [6.45, 7) is 10.1. The van der Waals surface area contributed by atoms with E-state index >= 15 is 0 Å². The van der Waals surface area contributed by atoms with E-state index in [-0.39, 0.29) is 12.6 Å². The number of H-pyrrole nitrogens is 1. The van der Waals surface area contributed by atoms with Crippen molar-refractivity contribution in [3.63, 3.8) is 0 Å². The van der Waals surface area contributed by atoms with Crippen LogP contribution in [0.4, 0.5) is 8.78 Å².